The number of para-hydroxylation sites is 1. The van der Waals surface area contributed by atoms with E-state index in [2.05, 4.69) is 11.4 Å². The van der Waals surface area contributed by atoms with E-state index in [4.69, 9.17) is 5.26 Å². The summed E-state index contributed by atoms with van der Waals surface area (Å²) in [4.78, 5) is 12.4. The predicted octanol–water partition coefficient (Wildman–Crippen LogP) is 3.61. The van der Waals surface area contributed by atoms with E-state index in [9.17, 15) is 13.2 Å². The molecule has 1 aromatic heterocycles. The molecule has 7 heteroatoms. The molecule has 0 fully saturated rings. The summed E-state index contributed by atoms with van der Waals surface area (Å²) < 4.78 is 25.3. The van der Waals surface area contributed by atoms with Crippen molar-refractivity contribution < 1.29 is 13.2 Å². The van der Waals surface area contributed by atoms with Gasteiger partial charge in [-0.1, -0.05) is 24.3 Å². The van der Waals surface area contributed by atoms with Gasteiger partial charge in [-0.05, 0) is 30.3 Å². The molecule has 0 bridgehead atoms. The van der Waals surface area contributed by atoms with Crippen molar-refractivity contribution in [3.8, 4) is 6.07 Å². The highest BCUT2D eigenvalue weighted by molar-refractivity contribution is 7.90. The van der Waals surface area contributed by atoms with E-state index in [1.54, 1.807) is 18.2 Å². The summed E-state index contributed by atoms with van der Waals surface area (Å²) >= 11 is 0. The lowest BCUT2D eigenvalue weighted by Gasteiger charge is -2.04. The number of benzene rings is 2. The normalized spacial score (nSPS) is 11.6. The summed E-state index contributed by atoms with van der Waals surface area (Å²) in [5.41, 5.74) is 2.28. The Morgan fingerprint density at radius 1 is 1.21 bits per heavy atom. The molecule has 0 saturated carbocycles. The first-order valence-electron chi connectivity index (χ1n) is 8.62. The zero-order valence-corrected chi connectivity index (χ0v) is 16.1. The Kier molecular flexibility index (Phi) is 5.62. The van der Waals surface area contributed by atoms with Crippen LogP contribution in [0.15, 0.2) is 65.7 Å². The van der Waals surface area contributed by atoms with Crippen molar-refractivity contribution in [3.63, 3.8) is 0 Å². The molecule has 3 rings (SSSR count). The van der Waals surface area contributed by atoms with Crippen LogP contribution < -0.4 is 5.32 Å². The van der Waals surface area contributed by atoms with Crippen LogP contribution in [0.25, 0.3) is 17.0 Å². The Bertz CT molecular complexity index is 1200. The second-order valence-corrected chi connectivity index (χ2v) is 8.34. The first kappa shape index (κ1) is 19.4. The summed E-state index contributed by atoms with van der Waals surface area (Å²) in [6.07, 6.45) is 6.55. The van der Waals surface area contributed by atoms with Crippen LogP contribution in [-0.4, -0.2) is 25.1 Å². The van der Waals surface area contributed by atoms with Gasteiger partial charge < -0.3 is 9.88 Å². The fraction of sp³-hybridized carbons (Fsp3) is 0.143. The smallest absolute Gasteiger partial charge is 0.248 e. The van der Waals surface area contributed by atoms with Crippen molar-refractivity contribution in [2.24, 2.45) is 0 Å². The number of aromatic nitrogens is 1. The number of hydrogen-bond donors (Lipinski definition) is 1. The van der Waals surface area contributed by atoms with Crippen molar-refractivity contribution in [3.05, 3.63) is 66.4 Å². The zero-order valence-electron chi connectivity index (χ0n) is 15.3. The number of anilines is 1. The largest absolute Gasteiger partial charge is 0.346 e. The summed E-state index contributed by atoms with van der Waals surface area (Å²) in [6, 6.07) is 16.0. The van der Waals surface area contributed by atoms with Gasteiger partial charge in [0.15, 0.2) is 9.84 Å². The zero-order chi connectivity index (χ0) is 20.1. The van der Waals surface area contributed by atoms with Gasteiger partial charge >= 0.3 is 0 Å². The number of nitriles is 1. The van der Waals surface area contributed by atoms with Crippen LogP contribution in [-0.2, 0) is 21.2 Å². The number of nitrogens with zero attached hydrogens (tertiary/aromatic N) is 2. The van der Waals surface area contributed by atoms with Crippen LogP contribution in [0, 0.1) is 11.3 Å². The molecule has 28 heavy (non-hydrogen) atoms. The molecule has 142 valence electrons. The molecule has 0 aliphatic heterocycles. The van der Waals surface area contributed by atoms with Gasteiger partial charge in [0, 0.05) is 47.2 Å². The third-order valence-electron chi connectivity index (χ3n) is 4.23. The number of fused-ring (bicyclic) bond motifs is 1. The predicted molar refractivity (Wildman–Crippen MR) is 109 cm³/mol. The molecule has 0 unspecified atom stereocenters. The number of sulfone groups is 1. The SMILES string of the molecule is CS(=O)(=O)c1cccc(NC(=O)/C=C/c2cn(CCC#N)c3ccccc23)c1. The number of carbonyl (C=O) groups is 1. The molecule has 2 aromatic carbocycles. The minimum absolute atomic E-state index is 0.148. The maximum atomic E-state index is 12.3. The number of nitrogens with one attached hydrogen (secondary N) is 1. The number of amides is 1. The lowest BCUT2D eigenvalue weighted by molar-refractivity contribution is -0.111. The van der Waals surface area contributed by atoms with Gasteiger partial charge in [-0.15, -0.1) is 0 Å². The maximum Gasteiger partial charge on any atom is 0.248 e. The Labute approximate surface area is 163 Å². The topological polar surface area (TPSA) is 92.0 Å². The molecular formula is C21H19N3O3S. The van der Waals surface area contributed by atoms with E-state index >= 15 is 0 Å². The van der Waals surface area contributed by atoms with Crippen LogP contribution in [0.1, 0.15) is 12.0 Å². The summed E-state index contributed by atoms with van der Waals surface area (Å²) in [6.45, 7) is 0.579. The fourth-order valence-electron chi connectivity index (χ4n) is 2.92. The van der Waals surface area contributed by atoms with Gasteiger partial charge in [-0.2, -0.15) is 5.26 Å². The molecule has 1 N–H and O–H groups in total. The molecule has 0 aliphatic rings. The lowest BCUT2D eigenvalue weighted by atomic mass is 10.1. The molecule has 1 heterocycles. The molecule has 1 amide bonds. The van der Waals surface area contributed by atoms with E-state index in [1.807, 2.05) is 35.0 Å². The van der Waals surface area contributed by atoms with E-state index in [0.29, 0.717) is 18.7 Å². The van der Waals surface area contributed by atoms with Crippen LogP contribution in [0.2, 0.25) is 0 Å². The van der Waals surface area contributed by atoms with Crippen LogP contribution in [0.5, 0.6) is 0 Å². The molecular weight excluding hydrogens is 374 g/mol. The highest BCUT2D eigenvalue weighted by Crippen LogP contribution is 2.23. The molecule has 0 radical (unpaired) electrons. The van der Waals surface area contributed by atoms with E-state index < -0.39 is 9.84 Å². The standard InChI is InChI=1S/C21H19N3O3S/c1-28(26,27)18-7-4-6-17(14-18)23-21(25)11-10-16-15-24(13-5-12-22)20-9-3-2-8-19(16)20/h2-4,6-11,14-15H,5,13H2,1H3,(H,23,25)/b11-10+. The third kappa shape index (κ3) is 4.48. The first-order chi connectivity index (χ1) is 13.4. The van der Waals surface area contributed by atoms with Gasteiger partial charge in [-0.3, -0.25) is 4.79 Å². The second kappa shape index (κ2) is 8.11. The van der Waals surface area contributed by atoms with Gasteiger partial charge in [-0.25, -0.2) is 8.42 Å². The van der Waals surface area contributed by atoms with Crippen molar-refractivity contribution in [2.45, 2.75) is 17.9 Å². The number of rotatable bonds is 6. The Balaban J connectivity index is 1.81. The molecule has 0 spiro atoms. The molecule has 0 aliphatic carbocycles. The minimum atomic E-state index is -3.34. The Morgan fingerprint density at radius 3 is 2.75 bits per heavy atom. The van der Waals surface area contributed by atoms with Crippen LogP contribution >= 0.6 is 0 Å². The van der Waals surface area contributed by atoms with Crippen molar-refractivity contribution in [2.75, 3.05) is 11.6 Å². The molecule has 3 aromatic rings. The van der Waals surface area contributed by atoms with Crippen LogP contribution in [0.3, 0.4) is 0 Å². The second-order valence-electron chi connectivity index (χ2n) is 6.33. The van der Waals surface area contributed by atoms with Crippen molar-refractivity contribution in [1.82, 2.24) is 4.57 Å². The number of aryl methyl sites for hydroxylation is 1. The van der Waals surface area contributed by atoms with Gasteiger partial charge in [0.1, 0.15) is 0 Å². The maximum absolute atomic E-state index is 12.3. The first-order valence-corrected chi connectivity index (χ1v) is 10.5. The van der Waals surface area contributed by atoms with Gasteiger partial charge in [0.25, 0.3) is 0 Å². The minimum Gasteiger partial charge on any atom is -0.346 e. The quantitative estimate of drug-likeness (QED) is 0.648. The van der Waals surface area contributed by atoms with Gasteiger partial charge in [0.05, 0.1) is 17.4 Å². The summed E-state index contributed by atoms with van der Waals surface area (Å²) in [5, 5.41) is 12.5. The van der Waals surface area contributed by atoms with E-state index in [0.717, 1.165) is 22.7 Å². The highest BCUT2D eigenvalue weighted by atomic mass is 32.2. The molecule has 6 nitrogen and oxygen atoms in total. The monoisotopic (exact) mass is 393 g/mol. The summed E-state index contributed by atoms with van der Waals surface area (Å²) in [5.74, 6) is -0.362. The Morgan fingerprint density at radius 2 is 2.00 bits per heavy atom. The average Bonchev–Trinajstić information content (AvgIpc) is 3.02. The lowest BCUT2D eigenvalue weighted by Crippen LogP contribution is -2.08. The highest BCUT2D eigenvalue weighted by Gasteiger charge is 2.09. The number of carbonyl (C=O) groups excluding carboxylic acids is 1. The number of hydrogen-bond acceptors (Lipinski definition) is 4. The van der Waals surface area contributed by atoms with E-state index in [-0.39, 0.29) is 10.8 Å². The summed E-state index contributed by atoms with van der Waals surface area (Å²) in [7, 11) is -3.34. The third-order valence-corrected chi connectivity index (χ3v) is 5.34. The van der Waals surface area contributed by atoms with Crippen molar-refractivity contribution in [1.29, 1.82) is 5.26 Å². The van der Waals surface area contributed by atoms with Crippen LogP contribution in [0.4, 0.5) is 5.69 Å². The van der Waals surface area contributed by atoms with Crippen molar-refractivity contribution >= 4 is 38.4 Å². The van der Waals surface area contributed by atoms with Gasteiger partial charge in [0.2, 0.25) is 5.91 Å². The molecule has 0 saturated heterocycles. The Hall–Kier alpha value is -3.37. The fourth-order valence-corrected chi connectivity index (χ4v) is 3.58. The van der Waals surface area contributed by atoms with E-state index in [1.165, 1.54) is 18.2 Å². The average molecular weight is 393 g/mol. The molecule has 0 atom stereocenters.